The van der Waals surface area contributed by atoms with E-state index in [9.17, 15) is 9.59 Å². The lowest BCUT2D eigenvalue weighted by Crippen LogP contribution is -2.19. The first-order valence-corrected chi connectivity index (χ1v) is 5.97. The van der Waals surface area contributed by atoms with Gasteiger partial charge in [0, 0.05) is 0 Å². The van der Waals surface area contributed by atoms with Crippen LogP contribution in [0.5, 0.6) is 11.5 Å². The normalized spacial score (nSPS) is 24.9. The summed E-state index contributed by atoms with van der Waals surface area (Å²) in [5.74, 6) is -1.21. The summed E-state index contributed by atoms with van der Waals surface area (Å²) in [6, 6.07) is 5.08. The minimum Gasteiger partial charge on any atom is -0.486 e. The molecule has 0 saturated carbocycles. The standard InChI is InChI=1S/C13H12O6/c14-11-6-8(13(15)16)12(19-11)7-1-2-9-10(5-7)18-4-3-17-9/h1-2,5,8,12H,3-4,6H2,(H,15,16). The monoisotopic (exact) mass is 264 g/mol. The minimum absolute atomic E-state index is 0.103. The first-order chi connectivity index (χ1) is 9.15. The van der Waals surface area contributed by atoms with Crippen LogP contribution in [-0.4, -0.2) is 30.3 Å². The van der Waals surface area contributed by atoms with Gasteiger partial charge in [-0.1, -0.05) is 6.07 Å². The molecule has 1 aromatic rings. The van der Waals surface area contributed by atoms with Gasteiger partial charge in [-0.3, -0.25) is 9.59 Å². The molecule has 0 aliphatic carbocycles. The predicted octanol–water partition coefficient (Wildman–Crippen LogP) is 1.15. The molecule has 3 rings (SSSR count). The second-order valence-corrected chi connectivity index (χ2v) is 4.46. The molecule has 0 radical (unpaired) electrons. The van der Waals surface area contributed by atoms with E-state index < -0.39 is 24.0 Å². The van der Waals surface area contributed by atoms with Crippen molar-refractivity contribution in [1.82, 2.24) is 0 Å². The summed E-state index contributed by atoms with van der Waals surface area (Å²) in [5, 5.41) is 9.11. The Hall–Kier alpha value is -2.24. The van der Waals surface area contributed by atoms with Gasteiger partial charge in [0.05, 0.1) is 6.42 Å². The van der Waals surface area contributed by atoms with E-state index >= 15 is 0 Å². The number of fused-ring (bicyclic) bond motifs is 1. The van der Waals surface area contributed by atoms with Crippen LogP contribution < -0.4 is 9.47 Å². The van der Waals surface area contributed by atoms with Gasteiger partial charge in [0.25, 0.3) is 0 Å². The highest BCUT2D eigenvalue weighted by atomic mass is 16.6. The fourth-order valence-electron chi connectivity index (χ4n) is 2.31. The molecule has 1 N–H and O–H groups in total. The smallest absolute Gasteiger partial charge is 0.311 e. The van der Waals surface area contributed by atoms with Crippen molar-refractivity contribution in [2.75, 3.05) is 13.2 Å². The maximum absolute atomic E-state index is 11.3. The van der Waals surface area contributed by atoms with Crippen LogP contribution in [-0.2, 0) is 14.3 Å². The van der Waals surface area contributed by atoms with Gasteiger partial charge in [-0.25, -0.2) is 0 Å². The molecule has 0 spiro atoms. The second-order valence-electron chi connectivity index (χ2n) is 4.46. The number of aliphatic carboxylic acids is 1. The third-order valence-corrected chi connectivity index (χ3v) is 3.22. The second kappa shape index (κ2) is 4.46. The molecule has 2 aliphatic rings. The molecule has 2 aliphatic heterocycles. The number of carboxylic acids is 1. The molecule has 0 bridgehead atoms. The van der Waals surface area contributed by atoms with Crippen molar-refractivity contribution in [2.24, 2.45) is 5.92 Å². The summed E-state index contributed by atoms with van der Waals surface area (Å²) in [7, 11) is 0. The lowest BCUT2D eigenvalue weighted by molar-refractivity contribution is -0.144. The van der Waals surface area contributed by atoms with Crippen molar-refractivity contribution in [1.29, 1.82) is 0 Å². The number of hydrogen-bond donors (Lipinski definition) is 1. The molecule has 2 unspecified atom stereocenters. The first kappa shape index (κ1) is 11.8. The van der Waals surface area contributed by atoms with Gasteiger partial charge in [0.15, 0.2) is 11.5 Å². The van der Waals surface area contributed by atoms with E-state index in [1.165, 1.54) is 0 Å². The van der Waals surface area contributed by atoms with Crippen LogP contribution in [0.2, 0.25) is 0 Å². The molecule has 100 valence electrons. The first-order valence-electron chi connectivity index (χ1n) is 5.97. The lowest BCUT2D eigenvalue weighted by Gasteiger charge is -2.21. The molecule has 1 saturated heterocycles. The summed E-state index contributed by atoms with van der Waals surface area (Å²) in [4.78, 5) is 22.4. The third kappa shape index (κ3) is 2.09. The van der Waals surface area contributed by atoms with Crippen LogP contribution >= 0.6 is 0 Å². The number of ether oxygens (including phenoxy) is 3. The number of benzene rings is 1. The molecule has 1 fully saturated rings. The highest BCUT2D eigenvalue weighted by molar-refractivity contribution is 5.82. The summed E-state index contributed by atoms with van der Waals surface area (Å²) >= 11 is 0. The lowest BCUT2D eigenvalue weighted by atomic mass is 9.95. The third-order valence-electron chi connectivity index (χ3n) is 3.22. The summed E-state index contributed by atoms with van der Waals surface area (Å²) in [6.45, 7) is 0.936. The Labute approximate surface area is 108 Å². The Bertz CT molecular complexity index is 538. The molecule has 2 atom stereocenters. The molecule has 0 aromatic heterocycles. The van der Waals surface area contributed by atoms with E-state index in [0.717, 1.165) is 0 Å². The van der Waals surface area contributed by atoms with Crippen molar-refractivity contribution < 1.29 is 28.9 Å². The van der Waals surface area contributed by atoms with Gasteiger partial charge in [-0.2, -0.15) is 0 Å². The Morgan fingerprint density at radius 1 is 1.21 bits per heavy atom. The molecule has 2 heterocycles. The summed E-state index contributed by atoms with van der Waals surface area (Å²) in [6.07, 6.45) is -0.866. The molecule has 6 nitrogen and oxygen atoms in total. The highest BCUT2D eigenvalue weighted by Gasteiger charge is 2.41. The van der Waals surface area contributed by atoms with Crippen molar-refractivity contribution in [2.45, 2.75) is 12.5 Å². The maximum Gasteiger partial charge on any atom is 0.311 e. The maximum atomic E-state index is 11.3. The van der Waals surface area contributed by atoms with Gasteiger partial charge < -0.3 is 19.3 Å². The molecule has 0 amide bonds. The number of carbonyl (C=O) groups is 2. The van der Waals surface area contributed by atoms with E-state index in [0.29, 0.717) is 30.3 Å². The molecular weight excluding hydrogens is 252 g/mol. The van der Waals surface area contributed by atoms with Crippen LogP contribution in [0.15, 0.2) is 18.2 Å². The number of carboxylic acid groups (broad SMARTS) is 1. The van der Waals surface area contributed by atoms with Gasteiger partial charge in [0.1, 0.15) is 25.2 Å². The van der Waals surface area contributed by atoms with Crippen LogP contribution in [0, 0.1) is 5.92 Å². The quantitative estimate of drug-likeness (QED) is 0.807. The number of rotatable bonds is 2. The zero-order valence-corrected chi connectivity index (χ0v) is 10.00. The average molecular weight is 264 g/mol. The Balaban J connectivity index is 1.93. The van der Waals surface area contributed by atoms with Crippen molar-refractivity contribution >= 4 is 11.9 Å². The van der Waals surface area contributed by atoms with Crippen LogP contribution in [0.25, 0.3) is 0 Å². The number of carbonyl (C=O) groups excluding carboxylic acids is 1. The van der Waals surface area contributed by atoms with Gasteiger partial charge in [-0.15, -0.1) is 0 Å². The van der Waals surface area contributed by atoms with E-state index in [1.54, 1.807) is 18.2 Å². The van der Waals surface area contributed by atoms with Crippen LogP contribution in [0.4, 0.5) is 0 Å². The van der Waals surface area contributed by atoms with E-state index in [-0.39, 0.29) is 6.42 Å². The van der Waals surface area contributed by atoms with Gasteiger partial charge in [-0.05, 0) is 17.7 Å². The van der Waals surface area contributed by atoms with E-state index in [2.05, 4.69) is 0 Å². The molecular formula is C13H12O6. The van der Waals surface area contributed by atoms with Crippen molar-refractivity contribution in [3.05, 3.63) is 23.8 Å². The topological polar surface area (TPSA) is 82.1 Å². The highest BCUT2D eigenvalue weighted by Crippen LogP contribution is 2.39. The molecule has 1 aromatic carbocycles. The number of esters is 1. The van der Waals surface area contributed by atoms with Crippen LogP contribution in [0.1, 0.15) is 18.1 Å². The van der Waals surface area contributed by atoms with Crippen molar-refractivity contribution in [3.63, 3.8) is 0 Å². The summed E-state index contributed by atoms with van der Waals surface area (Å²) < 4.78 is 15.9. The zero-order chi connectivity index (χ0) is 13.4. The molecule has 19 heavy (non-hydrogen) atoms. The zero-order valence-electron chi connectivity index (χ0n) is 10.00. The predicted molar refractivity (Wildman–Crippen MR) is 62.0 cm³/mol. The largest absolute Gasteiger partial charge is 0.486 e. The number of hydrogen-bond acceptors (Lipinski definition) is 5. The fraction of sp³-hybridized carbons (Fsp3) is 0.385. The van der Waals surface area contributed by atoms with Gasteiger partial charge >= 0.3 is 11.9 Å². The van der Waals surface area contributed by atoms with E-state index in [1.807, 2.05) is 0 Å². The Morgan fingerprint density at radius 2 is 1.95 bits per heavy atom. The van der Waals surface area contributed by atoms with E-state index in [4.69, 9.17) is 19.3 Å². The van der Waals surface area contributed by atoms with Crippen molar-refractivity contribution in [3.8, 4) is 11.5 Å². The van der Waals surface area contributed by atoms with Crippen LogP contribution in [0.3, 0.4) is 0 Å². The Kier molecular flexibility index (Phi) is 2.77. The fourth-order valence-corrected chi connectivity index (χ4v) is 2.31. The average Bonchev–Trinajstić information content (AvgIpc) is 2.80. The Morgan fingerprint density at radius 3 is 2.68 bits per heavy atom. The minimum atomic E-state index is -1.04. The SMILES string of the molecule is O=C1CC(C(=O)O)C(c2ccc3c(c2)OCCO3)O1. The van der Waals surface area contributed by atoms with Gasteiger partial charge in [0.2, 0.25) is 0 Å². The number of cyclic esters (lactones) is 1. The molecule has 6 heteroatoms. The summed E-state index contributed by atoms with van der Waals surface area (Å²) in [5.41, 5.74) is 0.613.